The lowest BCUT2D eigenvalue weighted by Crippen LogP contribution is -2.52. The van der Waals surface area contributed by atoms with Crippen LogP contribution < -0.4 is 0 Å². The number of nitro benzene ring substituents is 1. The minimum absolute atomic E-state index is 0.0272. The lowest BCUT2D eigenvalue weighted by molar-refractivity contribution is -0.384. The third-order valence-electron chi connectivity index (χ3n) is 7.95. The van der Waals surface area contributed by atoms with Crippen molar-refractivity contribution in [2.45, 2.75) is 6.42 Å². The van der Waals surface area contributed by atoms with Crippen LogP contribution in [-0.2, 0) is 9.59 Å². The Hall–Kier alpha value is -3.56. The van der Waals surface area contributed by atoms with Gasteiger partial charge in [-0.15, -0.1) is 0 Å². The molecule has 0 radical (unpaired) electrons. The molecule has 2 saturated carbocycles. The van der Waals surface area contributed by atoms with E-state index in [2.05, 4.69) is 0 Å². The molecule has 3 amide bonds. The van der Waals surface area contributed by atoms with E-state index < -0.39 is 46.8 Å². The standard InChI is InChI=1S/C26H19Cl2N3O6/c27-19-7-4-13(9-20(19)28)24(33)29(11-21(32)12-2-1-3-14(8-12)31(36)37)30-25(34)22-15-5-6-16(18-10-17(15)18)23(22)26(30)35/h1-9,15-18,22-23H,10-11H2/t15-,16-,17-,18+,22+,23-/m1/s1. The van der Waals surface area contributed by atoms with E-state index in [1.54, 1.807) is 0 Å². The van der Waals surface area contributed by atoms with Gasteiger partial charge < -0.3 is 0 Å². The highest BCUT2D eigenvalue weighted by Gasteiger charge is 2.68. The molecule has 188 valence electrons. The highest BCUT2D eigenvalue weighted by atomic mass is 35.5. The van der Waals surface area contributed by atoms with E-state index in [9.17, 15) is 29.3 Å². The molecule has 37 heavy (non-hydrogen) atoms. The smallest absolute Gasteiger partial charge is 0.273 e. The van der Waals surface area contributed by atoms with Crippen molar-refractivity contribution in [2.75, 3.05) is 6.54 Å². The number of Topliss-reactive ketones (excluding diaryl/α,β-unsaturated/α-hetero) is 1. The lowest BCUT2D eigenvalue weighted by atomic mass is 9.63. The fraction of sp³-hybridized carbons (Fsp3) is 0.308. The molecule has 9 nitrogen and oxygen atoms in total. The van der Waals surface area contributed by atoms with E-state index in [0.717, 1.165) is 22.5 Å². The predicted octanol–water partition coefficient (Wildman–Crippen LogP) is 4.19. The Kier molecular flexibility index (Phi) is 5.47. The first-order valence-electron chi connectivity index (χ1n) is 11.8. The van der Waals surface area contributed by atoms with E-state index in [1.165, 1.54) is 36.4 Å². The molecule has 0 unspecified atom stereocenters. The summed E-state index contributed by atoms with van der Waals surface area (Å²) >= 11 is 12.1. The van der Waals surface area contributed by atoms with E-state index in [4.69, 9.17) is 23.2 Å². The van der Waals surface area contributed by atoms with Crippen molar-refractivity contribution in [2.24, 2.45) is 35.5 Å². The van der Waals surface area contributed by atoms with Gasteiger partial charge in [-0.25, -0.2) is 5.01 Å². The molecule has 2 aromatic carbocycles. The van der Waals surface area contributed by atoms with Crippen LogP contribution in [0.5, 0.6) is 0 Å². The Bertz CT molecular complexity index is 1410. The van der Waals surface area contributed by atoms with Crippen molar-refractivity contribution in [1.29, 1.82) is 0 Å². The van der Waals surface area contributed by atoms with Crippen molar-refractivity contribution in [3.05, 3.63) is 85.9 Å². The van der Waals surface area contributed by atoms with E-state index in [0.29, 0.717) is 11.8 Å². The van der Waals surface area contributed by atoms with Crippen molar-refractivity contribution in [3.8, 4) is 0 Å². The summed E-state index contributed by atoms with van der Waals surface area (Å²) in [6.45, 7) is -0.674. The first-order chi connectivity index (χ1) is 17.7. The Morgan fingerprint density at radius 2 is 1.59 bits per heavy atom. The average molecular weight is 540 g/mol. The van der Waals surface area contributed by atoms with Crippen LogP contribution >= 0.6 is 23.2 Å². The molecule has 1 heterocycles. The molecule has 7 rings (SSSR count). The van der Waals surface area contributed by atoms with Gasteiger partial charge in [0.1, 0.15) is 6.54 Å². The third kappa shape index (κ3) is 3.67. The molecule has 5 aliphatic rings. The van der Waals surface area contributed by atoms with Crippen LogP contribution in [0.2, 0.25) is 10.0 Å². The number of halogens is 2. The van der Waals surface area contributed by atoms with Gasteiger partial charge in [0.25, 0.3) is 23.4 Å². The number of carbonyl (C=O) groups excluding carboxylic acids is 4. The van der Waals surface area contributed by atoms with Gasteiger partial charge in [0, 0.05) is 23.3 Å². The quantitative estimate of drug-likeness (QED) is 0.178. The molecule has 0 spiro atoms. The molecule has 0 N–H and O–H groups in total. The number of nitrogens with zero attached hydrogens (tertiary/aromatic N) is 3. The number of carbonyl (C=O) groups is 4. The van der Waals surface area contributed by atoms with Crippen LogP contribution in [0, 0.1) is 45.6 Å². The number of amides is 3. The summed E-state index contributed by atoms with van der Waals surface area (Å²) in [7, 11) is 0. The van der Waals surface area contributed by atoms with E-state index >= 15 is 0 Å². The molecule has 11 heteroatoms. The fourth-order valence-electron chi connectivity index (χ4n) is 6.21. The van der Waals surface area contributed by atoms with Crippen molar-refractivity contribution in [1.82, 2.24) is 10.0 Å². The van der Waals surface area contributed by atoms with Crippen LogP contribution in [0.1, 0.15) is 27.1 Å². The molecule has 1 saturated heterocycles. The van der Waals surface area contributed by atoms with Crippen molar-refractivity contribution >= 4 is 52.4 Å². The number of ketones is 1. The van der Waals surface area contributed by atoms with Gasteiger partial charge in [0.05, 0.1) is 26.8 Å². The maximum atomic E-state index is 13.7. The Labute approximate surface area is 220 Å². The number of imide groups is 1. The third-order valence-corrected chi connectivity index (χ3v) is 8.69. The van der Waals surface area contributed by atoms with Crippen LogP contribution in [0.4, 0.5) is 5.69 Å². The molecule has 2 bridgehead atoms. The summed E-state index contributed by atoms with van der Waals surface area (Å²) in [6, 6.07) is 9.16. The molecular weight excluding hydrogens is 521 g/mol. The second-order valence-corrected chi connectivity index (χ2v) is 10.7. The van der Waals surface area contributed by atoms with Gasteiger partial charge in [-0.2, -0.15) is 5.01 Å². The highest BCUT2D eigenvalue weighted by Crippen LogP contribution is 2.65. The van der Waals surface area contributed by atoms with E-state index in [-0.39, 0.29) is 38.7 Å². The first kappa shape index (κ1) is 23.8. The monoisotopic (exact) mass is 539 g/mol. The zero-order chi connectivity index (χ0) is 26.2. The summed E-state index contributed by atoms with van der Waals surface area (Å²) in [6.07, 6.45) is 5.00. The summed E-state index contributed by atoms with van der Waals surface area (Å²) in [5.74, 6) is -3.07. The highest BCUT2D eigenvalue weighted by molar-refractivity contribution is 6.42. The first-order valence-corrected chi connectivity index (χ1v) is 12.5. The van der Waals surface area contributed by atoms with E-state index in [1.807, 2.05) is 12.2 Å². The molecule has 3 fully saturated rings. The van der Waals surface area contributed by atoms with Gasteiger partial charge >= 0.3 is 0 Å². The summed E-state index contributed by atoms with van der Waals surface area (Å²) < 4.78 is 0. The van der Waals surface area contributed by atoms with Gasteiger partial charge in [-0.05, 0) is 48.3 Å². The Morgan fingerprint density at radius 1 is 0.946 bits per heavy atom. The normalized spacial score (nSPS) is 28.6. The molecule has 6 atom stereocenters. The molecule has 2 aromatic rings. The number of non-ortho nitro benzene ring substituents is 1. The van der Waals surface area contributed by atoms with Crippen LogP contribution in [0.25, 0.3) is 0 Å². The van der Waals surface area contributed by atoms with Gasteiger partial charge in [0.15, 0.2) is 5.78 Å². The van der Waals surface area contributed by atoms with Crippen molar-refractivity contribution < 1.29 is 24.1 Å². The van der Waals surface area contributed by atoms with Crippen LogP contribution in [-0.4, -0.2) is 45.0 Å². The lowest BCUT2D eigenvalue weighted by Gasteiger charge is -2.37. The maximum Gasteiger partial charge on any atom is 0.273 e. The average Bonchev–Trinajstić information content (AvgIpc) is 3.67. The second kappa shape index (κ2) is 8.49. The second-order valence-electron chi connectivity index (χ2n) is 9.87. The fourth-order valence-corrected chi connectivity index (χ4v) is 6.51. The maximum absolute atomic E-state index is 13.7. The van der Waals surface area contributed by atoms with Crippen LogP contribution in [0.3, 0.4) is 0 Å². The SMILES string of the molecule is O=C(CN(C(=O)c1ccc(Cl)c(Cl)c1)N1C(=O)[C@@H]2[C@@H]3C=C[C@H]([C@H]4C[C@@H]34)[C@@H]2C1=O)c1cccc([N+](=O)[O-])c1. The minimum atomic E-state index is -0.789. The number of rotatable bonds is 6. The predicted molar refractivity (Wildman–Crippen MR) is 131 cm³/mol. The number of hydrogen-bond donors (Lipinski definition) is 0. The number of hydrazine groups is 1. The summed E-state index contributed by atoms with van der Waals surface area (Å²) in [5.41, 5.74) is -0.296. The molecule has 0 aromatic heterocycles. The Balaban J connectivity index is 1.37. The number of benzene rings is 2. The zero-order valence-electron chi connectivity index (χ0n) is 19.1. The summed E-state index contributed by atoms with van der Waals surface area (Å²) in [4.78, 5) is 64.9. The summed E-state index contributed by atoms with van der Waals surface area (Å²) in [5, 5.41) is 13.1. The number of allylic oxidation sites excluding steroid dienone is 2. The minimum Gasteiger partial charge on any atom is -0.292 e. The number of nitro groups is 1. The molecular formula is C26H19Cl2N3O6. The van der Waals surface area contributed by atoms with Gasteiger partial charge in [-0.1, -0.05) is 47.5 Å². The van der Waals surface area contributed by atoms with Crippen molar-refractivity contribution in [3.63, 3.8) is 0 Å². The largest absolute Gasteiger partial charge is 0.292 e. The van der Waals surface area contributed by atoms with Gasteiger partial charge in [0.2, 0.25) is 0 Å². The van der Waals surface area contributed by atoms with Crippen LogP contribution in [0.15, 0.2) is 54.6 Å². The molecule has 4 aliphatic carbocycles. The zero-order valence-corrected chi connectivity index (χ0v) is 20.6. The molecule has 1 aliphatic heterocycles. The van der Waals surface area contributed by atoms with Gasteiger partial charge in [-0.3, -0.25) is 29.3 Å². The topological polar surface area (TPSA) is 118 Å². The Morgan fingerprint density at radius 3 is 2.19 bits per heavy atom. The number of hydrogen-bond acceptors (Lipinski definition) is 6.